The predicted molar refractivity (Wildman–Crippen MR) is 86.7 cm³/mol. The number of esters is 1. The van der Waals surface area contributed by atoms with Gasteiger partial charge in [0, 0.05) is 12.7 Å². The zero-order chi connectivity index (χ0) is 16.6. The van der Waals surface area contributed by atoms with Crippen LogP contribution in [0.3, 0.4) is 0 Å². The van der Waals surface area contributed by atoms with E-state index in [-0.39, 0.29) is 23.7 Å². The summed E-state index contributed by atoms with van der Waals surface area (Å²) in [5.41, 5.74) is 2.24. The Hall–Kier alpha value is -2.41. The fourth-order valence-electron chi connectivity index (χ4n) is 2.31. The highest BCUT2D eigenvalue weighted by Crippen LogP contribution is 2.21. The second-order valence-corrected chi connectivity index (χ2v) is 7.21. The SMILES string of the molecule is Cc1ccc(OC(=O)C2=CC=CN3CCS(=O)(=O)N=C23)cc1C. The first-order valence-electron chi connectivity index (χ1n) is 7.13. The molecule has 0 fully saturated rings. The van der Waals surface area contributed by atoms with Crippen molar-refractivity contribution < 1.29 is 17.9 Å². The van der Waals surface area contributed by atoms with Crippen molar-refractivity contribution >= 4 is 21.8 Å². The highest BCUT2D eigenvalue weighted by atomic mass is 32.2. The molecule has 2 aliphatic heterocycles. The van der Waals surface area contributed by atoms with Crippen LogP contribution in [0.2, 0.25) is 0 Å². The molecular weight excluding hydrogens is 316 g/mol. The molecule has 0 saturated carbocycles. The number of hydrogen-bond acceptors (Lipinski definition) is 5. The molecule has 3 rings (SSSR count). The van der Waals surface area contributed by atoms with Crippen LogP contribution in [0.4, 0.5) is 0 Å². The van der Waals surface area contributed by atoms with Crippen molar-refractivity contribution in [3.63, 3.8) is 0 Å². The second-order valence-electron chi connectivity index (χ2n) is 5.45. The average Bonchev–Trinajstić information content (AvgIpc) is 2.49. The number of allylic oxidation sites excluding steroid dienone is 2. The molecular formula is C16H16N2O4S. The monoisotopic (exact) mass is 332 g/mol. The van der Waals surface area contributed by atoms with Crippen molar-refractivity contribution in [2.45, 2.75) is 13.8 Å². The minimum atomic E-state index is -3.54. The Balaban J connectivity index is 1.89. The highest BCUT2D eigenvalue weighted by Gasteiger charge is 2.30. The van der Waals surface area contributed by atoms with Gasteiger partial charge in [0.1, 0.15) is 11.3 Å². The number of nitrogens with zero attached hydrogens (tertiary/aromatic N) is 2. The molecule has 1 aromatic rings. The van der Waals surface area contributed by atoms with E-state index in [2.05, 4.69) is 4.40 Å². The molecule has 0 amide bonds. The number of amidine groups is 1. The Bertz CT molecular complexity index is 866. The van der Waals surface area contributed by atoms with E-state index in [4.69, 9.17) is 4.74 Å². The topological polar surface area (TPSA) is 76.0 Å². The summed E-state index contributed by atoms with van der Waals surface area (Å²) >= 11 is 0. The van der Waals surface area contributed by atoms with Gasteiger partial charge >= 0.3 is 5.97 Å². The van der Waals surface area contributed by atoms with Crippen LogP contribution in [0, 0.1) is 13.8 Å². The van der Waals surface area contributed by atoms with Crippen LogP contribution in [0.1, 0.15) is 11.1 Å². The highest BCUT2D eigenvalue weighted by molar-refractivity contribution is 7.90. The van der Waals surface area contributed by atoms with Crippen molar-refractivity contribution in [3.05, 3.63) is 53.3 Å². The molecule has 7 heteroatoms. The summed E-state index contributed by atoms with van der Waals surface area (Å²) < 4.78 is 32.5. The number of aryl methyl sites for hydroxylation is 2. The van der Waals surface area contributed by atoms with Gasteiger partial charge in [0.2, 0.25) is 0 Å². The van der Waals surface area contributed by atoms with Crippen molar-refractivity contribution in [2.75, 3.05) is 12.3 Å². The second kappa shape index (κ2) is 5.66. The van der Waals surface area contributed by atoms with Gasteiger partial charge in [-0.25, -0.2) is 13.2 Å². The number of ether oxygens (including phenoxy) is 1. The zero-order valence-corrected chi connectivity index (χ0v) is 13.6. The maximum atomic E-state index is 12.4. The minimum Gasteiger partial charge on any atom is -0.423 e. The maximum absolute atomic E-state index is 12.4. The van der Waals surface area contributed by atoms with E-state index < -0.39 is 16.0 Å². The van der Waals surface area contributed by atoms with Gasteiger partial charge in [-0.05, 0) is 49.3 Å². The molecule has 0 aromatic heterocycles. The van der Waals surface area contributed by atoms with E-state index in [0.29, 0.717) is 5.75 Å². The molecule has 0 N–H and O–H groups in total. The molecule has 0 bridgehead atoms. The lowest BCUT2D eigenvalue weighted by molar-refractivity contribution is -0.129. The fraction of sp³-hybridized carbons (Fsp3) is 0.250. The van der Waals surface area contributed by atoms with Gasteiger partial charge < -0.3 is 9.64 Å². The lowest BCUT2D eigenvalue weighted by atomic mass is 10.1. The Morgan fingerprint density at radius 3 is 2.78 bits per heavy atom. The van der Waals surface area contributed by atoms with E-state index in [1.165, 1.54) is 6.08 Å². The van der Waals surface area contributed by atoms with Gasteiger partial charge in [0.25, 0.3) is 10.0 Å². The number of fused-ring (bicyclic) bond motifs is 1. The Labute approximate surface area is 134 Å². The number of rotatable bonds is 2. The first kappa shape index (κ1) is 15.5. The van der Waals surface area contributed by atoms with E-state index in [1.54, 1.807) is 29.3 Å². The van der Waals surface area contributed by atoms with E-state index >= 15 is 0 Å². The molecule has 0 aliphatic carbocycles. The van der Waals surface area contributed by atoms with Gasteiger partial charge in [-0.1, -0.05) is 6.07 Å². The summed E-state index contributed by atoms with van der Waals surface area (Å²) in [4.78, 5) is 14.0. The number of carbonyl (C=O) groups is 1. The molecule has 0 unspecified atom stereocenters. The molecule has 1 aromatic carbocycles. The largest absolute Gasteiger partial charge is 0.423 e. The van der Waals surface area contributed by atoms with Gasteiger partial charge in [0.05, 0.1) is 5.75 Å². The quantitative estimate of drug-likeness (QED) is 0.609. The first-order chi connectivity index (χ1) is 10.9. The van der Waals surface area contributed by atoms with Crippen molar-refractivity contribution in [3.8, 4) is 5.75 Å². The molecule has 0 saturated heterocycles. The van der Waals surface area contributed by atoms with Crippen LogP contribution in [0.25, 0.3) is 0 Å². The zero-order valence-electron chi connectivity index (χ0n) is 12.8. The number of carbonyl (C=O) groups excluding carboxylic acids is 1. The molecule has 0 atom stereocenters. The predicted octanol–water partition coefficient (Wildman–Crippen LogP) is 1.71. The van der Waals surface area contributed by atoms with E-state index in [9.17, 15) is 13.2 Å². The summed E-state index contributed by atoms with van der Waals surface area (Å²) in [5, 5.41) is 0. The van der Waals surface area contributed by atoms with E-state index in [1.807, 2.05) is 19.9 Å². The molecule has 6 nitrogen and oxygen atoms in total. The van der Waals surface area contributed by atoms with Crippen molar-refractivity contribution in [2.24, 2.45) is 4.40 Å². The third-order valence-corrected chi connectivity index (χ3v) is 4.92. The fourth-order valence-corrected chi connectivity index (χ4v) is 3.30. The van der Waals surface area contributed by atoms with Crippen molar-refractivity contribution in [1.82, 2.24) is 4.90 Å². The maximum Gasteiger partial charge on any atom is 0.347 e. The minimum absolute atomic E-state index is 0.0691. The summed E-state index contributed by atoms with van der Waals surface area (Å²) in [6.07, 6.45) is 4.88. The van der Waals surface area contributed by atoms with Crippen molar-refractivity contribution in [1.29, 1.82) is 0 Å². The molecule has 0 radical (unpaired) electrons. The summed E-state index contributed by atoms with van der Waals surface area (Å²) in [7, 11) is -3.54. The van der Waals surface area contributed by atoms with Crippen LogP contribution < -0.4 is 4.74 Å². The van der Waals surface area contributed by atoms with Crippen LogP contribution in [-0.2, 0) is 14.8 Å². The summed E-state index contributed by atoms with van der Waals surface area (Å²) in [6.45, 7) is 4.16. The first-order valence-corrected chi connectivity index (χ1v) is 8.74. The number of hydrogen-bond donors (Lipinski definition) is 0. The van der Waals surface area contributed by atoms with Gasteiger partial charge in [0.15, 0.2) is 5.84 Å². The summed E-state index contributed by atoms with van der Waals surface area (Å²) in [5.74, 6) is -0.161. The standard InChI is InChI=1S/C16H16N2O4S/c1-11-5-6-13(10-12(11)2)22-16(19)14-4-3-7-18-8-9-23(20,21)17-15(14)18/h3-7,10H,8-9H2,1-2H3. The Kier molecular flexibility index (Phi) is 3.81. The van der Waals surface area contributed by atoms with Gasteiger partial charge in [-0.3, -0.25) is 0 Å². The molecule has 23 heavy (non-hydrogen) atoms. The normalized spacial score (nSPS) is 18.8. The molecule has 0 spiro atoms. The number of benzene rings is 1. The van der Waals surface area contributed by atoms with E-state index in [0.717, 1.165) is 11.1 Å². The summed E-state index contributed by atoms with van der Waals surface area (Å²) in [6, 6.07) is 5.34. The van der Waals surface area contributed by atoms with Crippen LogP contribution in [-0.4, -0.2) is 37.4 Å². The number of sulfonamides is 1. The molecule has 120 valence electrons. The van der Waals surface area contributed by atoms with Gasteiger partial charge in [-0.2, -0.15) is 0 Å². The molecule has 2 aliphatic rings. The third-order valence-electron chi connectivity index (χ3n) is 3.77. The smallest absolute Gasteiger partial charge is 0.347 e. The van der Waals surface area contributed by atoms with Crippen LogP contribution in [0.15, 0.2) is 46.5 Å². The molecule has 2 heterocycles. The third kappa shape index (κ3) is 3.19. The average molecular weight is 332 g/mol. The Morgan fingerprint density at radius 1 is 1.26 bits per heavy atom. The Morgan fingerprint density at radius 2 is 2.04 bits per heavy atom. The lowest BCUT2D eigenvalue weighted by Crippen LogP contribution is -2.40. The lowest BCUT2D eigenvalue weighted by Gasteiger charge is -2.28. The van der Waals surface area contributed by atoms with Crippen LogP contribution >= 0.6 is 0 Å². The van der Waals surface area contributed by atoms with Gasteiger partial charge in [-0.15, -0.1) is 4.40 Å². The van der Waals surface area contributed by atoms with Crippen LogP contribution in [0.5, 0.6) is 5.75 Å².